The van der Waals surface area contributed by atoms with Gasteiger partial charge >= 0.3 is 0 Å². The summed E-state index contributed by atoms with van der Waals surface area (Å²) in [5.41, 5.74) is 11.0. The Hall–Kier alpha value is -2.84. The Morgan fingerprint density at radius 2 is 1.93 bits per heavy atom. The first kappa shape index (κ1) is 20.4. The van der Waals surface area contributed by atoms with E-state index in [0.29, 0.717) is 41.8 Å². The molecule has 4 rings (SSSR count). The van der Waals surface area contributed by atoms with Crippen molar-refractivity contribution in [2.45, 2.75) is 33.7 Å². The molecule has 10 heteroatoms. The van der Waals surface area contributed by atoms with Gasteiger partial charge in [0.15, 0.2) is 0 Å². The van der Waals surface area contributed by atoms with Gasteiger partial charge in [0.05, 0.1) is 34.1 Å². The molecular formula is C20H21Cl2N7O. The Morgan fingerprint density at radius 3 is 2.70 bits per heavy atom. The minimum absolute atomic E-state index is 0.185. The van der Waals surface area contributed by atoms with Crippen molar-refractivity contribution in [2.75, 3.05) is 12.3 Å². The summed E-state index contributed by atoms with van der Waals surface area (Å²) >= 11 is 12.2. The molecule has 156 valence electrons. The molecule has 0 radical (unpaired) electrons. The van der Waals surface area contributed by atoms with E-state index < -0.39 is 0 Å². The highest BCUT2D eigenvalue weighted by Gasteiger charge is 2.16. The highest BCUT2D eigenvalue weighted by atomic mass is 35.5. The second-order valence-corrected chi connectivity index (χ2v) is 7.77. The fraction of sp³-hybridized carbons (Fsp3) is 0.300. The van der Waals surface area contributed by atoms with Crippen molar-refractivity contribution in [3.63, 3.8) is 0 Å². The number of nitrogens with zero attached hydrogens (tertiary/aromatic N) is 6. The van der Waals surface area contributed by atoms with E-state index in [0.717, 1.165) is 28.2 Å². The molecular weight excluding hydrogens is 425 g/mol. The molecule has 0 aliphatic rings. The molecule has 0 unspecified atom stereocenters. The van der Waals surface area contributed by atoms with Gasteiger partial charge in [0.2, 0.25) is 5.28 Å². The Morgan fingerprint density at radius 1 is 1.13 bits per heavy atom. The third-order valence-corrected chi connectivity index (χ3v) is 5.36. The van der Waals surface area contributed by atoms with Crippen molar-refractivity contribution in [1.29, 1.82) is 0 Å². The lowest BCUT2D eigenvalue weighted by atomic mass is 10.2. The molecule has 8 nitrogen and oxygen atoms in total. The molecule has 2 N–H and O–H groups in total. The standard InChI is InChI=1S/C20H21Cl2N7O/c1-11-5-6-16(12(2)25-11)29-13(3)17(23)19(27-29)30-8-4-7-28-10-15(21)14-9-24-20(22)26-18(14)28/h5-6,9-10H,4,7-8,23H2,1-3H3. The number of anilines is 1. The minimum Gasteiger partial charge on any atom is -0.475 e. The number of fused-ring (bicyclic) bond motifs is 1. The van der Waals surface area contributed by atoms with Crippen LogP contribution < -0.4 is 10.5 Å². The van der Waals surface area contributed by atoms with Crippen molar-refractivity contribution in [1.82, 2.24) is 29.3 Å². The Kier molecular flexibility index (Phi) is 5.53. The molecule has 4 aromatic heterocycles. The van der Waals surface area contributed by atoms with E-state index in [1.807, 2.05) is 43.7 Å². The molecule has 0 aromatic carbocycles. The van der Waals surface area contributed by atoms with Gasteiger partial charge in [0.25, 0.3) is 5.88 Å². The number of aryl methyl sites for hydroxylation is 3. The SMILES string of the molecule is Cc1ccc(-n2nc(OCCCn3cc(Cl)c4cnc(Cl)nc43)c(N)c2C)c(C)n1. The average Bonchev–Trinajstić information content (AvgIpc) is 3.16. The zero-order chi connectivity index (χ0) is 21.4. The van der Waals surface area contributed by atoms with Crippen LogP contribution >= 0.6 is 23.2 Å². The normalized spacial score (nSPS) is 11.4. The van der Waals surface area contributed by atoms with Crippen molar-refractivity contribution >= 4 is 39.9 Å². The maximum absolute atomic E-state index is 6.25. The quantitative estimate of drug-likeness (QED) is 0.351. The summed E-state index contributed by atoms with van der Waals surface area (Å²) in [6, 6.07) is 3.93. The van der Waals surface area contributed by atoms with Crippen LogP contribution in [0.2, 0.25) is 10.3 Å². The maximum atomic E-state index is 6.25. The highest BCUT2D eigenvalue weighted by molar-refractivity contribution is 6.35. The van der Waals surface area contributed by atoms with Gasteiger partial charge in [-0.3, -0.25) is 4.98 Å². The van der Waals surface area contributed by atoms with Crippen LogP contribution in [0.15, 0.2) is 24.5 Å². The monoisotopic (exact) mass is 445 g/mol. The molecule has 4 aromatic rings. The molecule has 0 spiro atoms. The van der Waals surface area contributed by atoms with Crippen LogP contribution in [0, 0.1) is 20.8 Å². The third-order valence-electron chi connectivity index (χ3n) is 4.87. The van der Waals surface area contributed by atoms with Crippen molar-refractivity contribution in [3.8, 4) is 11.6 Å². The molecule has 30 heavy (non-hydrogen) atoms. The van der Waals surface area contributed by atoms with E-state index in [1.165, 1.54) is 0 Å². The predicted octanol–water partition coefficient (Wildman–Crippen LogP) is 4.30. The summed E-state index contributed by atoms with van der Waals surface area (Å²) in [5, 5.41) is 6.08. The third kappa shape index (κ3) is 3.80. The zero-order valence-corrected chi connectivity index (χ0v) is 18.4. The number of ether oxygens (including phenoxy) is 1. The summed E-state index contributed by atoms with van der Waals surface area (Å²) < 4.78 is 9.57. The van der Waals surface area contributed by atoms with Crippen LogP contribution in [0.1, 0.15) is 23.5 Å². The van der Waals surface area contributed by atoms with Crippen LogP contribution in [0.3, 0.4) is 0 Å². The van der Waals surface area contributed by atoms with Crippen LogP contribution in [0.4, 0.5) is 5.69 Å². The fourth-order valence-electron chi connectivity index (χ4n) is 3.31. The largest absolute Gasteiger partial charge is 0.475 e. The number of pyridine rings is 1. The van der Waals surface area contributed by atoms with Gasteiger partial charge in [-0.1, -0.05) is 11.6 Å². The van der Waals surface area contributed by atoms with Gasteiger partial charge in [-0.25, -0.2) is 9.67 Å². The Balaban J connectivity index is 1.46. The predicted molar refractivity (Wildman–Crippen MR) is 118 cm³/mol. The van der Waals surface area contributed by atoms with E-state index in [9.17, 15) is 0 Å². The first-order valence-corrected chi connectivity index (χ1v) is 10.2. The molecule has 0 aliphatic heterocycles. The van der Waals surface area contributed by atoms with Gasteiger partial charge in [-0.2, -0.15) is 4.98 Å². The molecule has 0 atom stereocenters. The summed E-state index contributed by atoms with van der Waals surface area (Å²) in [5.74, 6) is 0.410. The molecule has 4 heterocycles. The van der Waals surface area contributed by atoms with Gasteiger partial charge < -0.3 is 15.0 Å². The van der Waals surface area contributed by atoms with Gasteiger partial charge in [-0.15, -0.1) is 5.10 Å². The number of halogens is 2. The van der Waals surface area contributed by atoms with Crippen LogP contribution in [-0.4, -0.2) is 35.9 Å². The van der Waals surface area contributed by atoms with Crippen molar-refractivity contribution in [3.05, 3.63) is 51.9 Å². The van der Waals surface area contributed by atoms with E-state index >= 15 is 0 Å². The molecule has 0 saturated heterocycles. The van der Waals surface area contributed by atoms with Crippen molar-refractivity contribution in [2.24, 2.45) is 0 Å². The topological polar surface area (TPSA) is 96.7 Å². The van der Waals surface area contributed by atoms with E-state index in [2.05, 4.69) is 20.1 Å². The van der Waals surface area contributed by atoms with E-state index in [1.54, 1.807) is 10.9 Å². The van der Waals surface area contributed by atoms with Gasteiger partial charge in [0.1, 0.15) is 11.3 Å². The second-order valence-electron chi connectivity index (χ2n) is 7.02. The Bertz CT molecular complexity index is 1230. The molecule has 0 fully saturated rings. The number of rotatable bonds is 6. The number of hydrogen-bond acceptors (Lipinski definition) is 6. The summed E-state index contributed by atoms with van der Waals surface area (Å²) in [6.07, 6.45) is 4.15. The number of aromatic nitrogens is 6. The lowest BCUT2D eigenvalue weighted by Gasteiger charge is -2.08. The summed E-state index contributed by atoms with van der Waals surface area (Å²) in [7, 11) is 0. The van der Waals surface area contributed by atoms with Gasteiger partial charge in [-0.05, 0) is 50.9 Å². The molecule has 0 saturated carbocycles. The average molecular weight is 446 g/mol. The maximum Gasteiger partial charge on any atom is 0.257 e. The number of nitrogen functional groups attached to an aromatic ring is 1. The highest BCUT2D eigenvalue weighted by Crippen LogP contribution is 2.28. The first-order valence-electron chi connectivity index (χ1n) is 9.44. The summed E-state index contributed by atoms with van der Waals surface area (Å²) in [6.45, 7) is 6.89. The van der Waals surface area contributed by atoms with Crippen molar-refractivity contribution < 1.29 is 4.74 Å². The van der Waals surface area contributed by atoms with E-state index in [4.69, 9.17) is 33.7 Å². The number of nitrogens with two attached hydrogens (primary N) is 1. The van der Waals surface area contributed by atoms with Crippen LogP contribution in [0.5, 0.6) is 5.88 Å². The molecule has 0 amide bonds. The second kappa shape index (κ2) is 8.12. The lowest BCUT2D eigenvalue weighted by molar-refractivity contribution is 0.291. The van der Waals surface area contributed by atoms with Crippen LogP contribution in [0.25, 0.3) is 16.7 Å². The fourth-order valence-corrected chi connectivity index (χ4v) is 3.69. The minimum atomic E-state index is 0.185. The summed E-state index contributed by atoms with van der Waals surface area (Å²) in [4.78, 5) is 12.7. The lowest BCUT2D eigenvalue weighted by Crippen LogP contribution is -2.06. The number of hydrogen-bond donors (Lipinski definition) is 1. The first-order chi connectivity index (χ1) is 14.3. The van der Waals surface area contributed by atoms with Gasteiger partial charge in [0, 0.05) is 24.6 Å². The van der Waals surface area contributed by atoms with E-state index in [-0.39, 0.29) is 5.28 Å². The van der Waals surface area contributed by atoms with Crippen LogP contribution in [-0.2, 0) is 6.54 Å². The zero-order valence-electron chi connectivity index (χ0n) is 16.9. The molecule has 0 aliphatic carbocycles. The smallest absolute Gasteiger partial charge is 0.257 e. The molecule has 0 bridgehead atoms. The Labute approximate surface area is 183 Å².